The normalized spacial score (nSPS) is 14.5. The lowest BCUT2D eigenvalue weighted by atomic mass is 10.0. The molecule has 58 heavy (non-hydrogen) atoms. The van der Waals surface area contributed by atoms with Gasteiger partial charge in [-0.1, -0.05) is 233 Å². The third-order valence-electron chi connectivity index (χ3n) is 13.8. The van der Waals surface area contributed by atoms with Crippen LogP contribution in [-0.2, 0) is 0 Å². The van der Waals surface area contributed by atoms with Crippen molar-refractivity contribution in [2.24, 2.45) is 0 Å². The molecule has 0 N–H and O–H groups in total. The van der Waals surface area contributed by atoms with E-state index in [1.807, 2.05) is 0 Å². The van der Waals surface area contributed by atoms with Crippen molar-refractivity contribution in [2.45, 2.75) is 278 Å². The molecule has 0 aromatic carbocycles. The van der Waals surface area contributed by atoms with Crippen LogP contribution in [0.15, 0.2) is 0 Å². The molecule has 1 saturated heterocycles. The van der Waals surface area contributed by atoms with Crippen LogP contribution < -0.4 is 0 Å². The summed E-state index contributed by atoms with van der Waals surface area (Å²) in [5, 5.41) is 0. The second kappa shape index (κ2) is 42.2. The predicted octanol–water partition coefficient (Wildman–Crippen LogP) is 16.1. The molecule has 1 fully saturated rings. The minimum Gasteiger partial charge on any atom is -0.302 e. The minimum atomic E-state index is 0.303. The van der Waals surface area contributed by atoms with Crippen LogP contribution in [0.3, 0.4) is 0 Å². The van der Waals surface area contributed by atoms with Crippen molar-refractivity contribution in [1.82, 2.24) is 19.6 Å². The van der Waals surface area contributed by atoms with Crippen molar-refractivity contribution in [1.29, 1.82) is 0 Å². The molecule has 0 amide bonds. The number of rotatable bonds is 45. The summed E-state index contributed by atoms with van der Waals surface area (Å²) < 4.78 is 0. The summed E-state index contributed by atoms with van der Waals surface area (Å²) in [6, 6.07) is 0. The zero-order valence-corrected chi connectivity index (χ0v) is 41.5. The van der Waals surface area contributed by atoms with Crippen LogP contribution in [0.1, 0.15) is 273 Å². The Balaban J connectivity index is 2.55. The van der Waals surface area contributed by atoms with Crippen molar-refractivity contribution in [3.05, 3.63) is 0 Å². The van der Waals surface area contributed by atoms with Crippen molar-refractivity contribution < 1.29 is 0 Å². The van der Waals surface area contributed by atoms with Crippen molar-refractivity contribution in [2.75, 3.05) is 72.0 Å². The van der Waals surface area contributed by atoms with E-state index in [4.69, 9.17) is 0 Å². The van der Waals surface area contributed by atoms with E-state index in [2.05, 4.69) is 61.1 Å². The summed E-state index contributed by atoms with van der Waals surface area (Å²) in [6.07, 6.45) is 52.0. The average molecular weight is 818 g/mol. The SMILES string of the molecule is CCCCCCCCCCCCCCN(CCCCCCCCCCCCCC)CCN(CCCCCCCCCCCCCC)CCN1CCN(C(C)(C)C)CC1. The van der Waals surface area contributed by atoms with Crippen LogP contribution >= 0.6 is 0 Å². The largest absolute Gasteiger partial charge is 0.302 e. The van der Waals surface area contributed by atoms with Gasteiger partial charge < -0.3 is 9.80 Å². The van der Waals surface area contributed by atoms with Gasteiger partial charge in [0.1, 0.15) is 0 Å². The third-order valence-corrected chi connectivity index (χ3v) is 13.8. The molecule has 4 heteroatoms. The molecular weight excluding hydrogens is 705 g/mol. The smallest absolute Gasteiger partial charge is 0.0126 e. The molecule has 0 saturated carbocycles. The van der Waals surface area contributed by atoms with Crippen LogP contribution in [0.25, 0.3) is 0 Å². The first-order chi connectivity index (χ1) is 28.4. The van der Waals surface area contributed by atoms with E-state index >= 15 is 0 Å². The van der Waals surface area contributed by atoms with E-state index in [0.717, 1.165) is 0 Å². The molecule has 0 spiro atoms. The highest BCUT2D eigenvalue weighted by Crippen LogP contribution is 2.18. The van der Waals surface area contributed by atoms with E-state index in [1.54, 1.807) is 0 Å². The van der Waals surface area contributed by atoms with Gasteiger partial charge >= 0.3 is 0 Å². The first kappa shape index (κ1) is 55.9. The van der Waals surface area contributed by atoms with E-state index in [9.17, 15) is 0 Å². The highest BCUT2D eigenvalue weighted by atomic mass is 15.3. The summed E-state index contributed by atoms with van der Waals surface area (Å²) in [6.45, 7) is 28.1. The van der Waals surface area contributed by atoms with Crippen molar-refractivity contribution in [3.63, 3.8) is 0 Å². The Morgan fingerprint density at radius 1 is 0.293 bits per heavy atom. The van der Waals surface area contributed by atoms with Gasteiger partial charge in [0.25, 0.3) is 0 Å². The van der Waals surface area contributed by atoms with E-state index < -0.39 is 0 Å². The Morgan fingerprint density at radius 3 is 0.793 bits per heavy atom. The third kappa shape index (κ3) is 36.5. The molecule has 1 rings (SSSR count). The molecule has 0 unspecified atom stereocenters. The van der Waals surface area contributed by atoms with Gasteiger partial charge in [0, 0.05) is 57.9 Å². The highest BCUT2D eigenvalue weighted by molar-refractivity contribution is 4.82. The molecule has 0 atom stereocenters. The second-order valence-electron chi connectivity index (χ2n) is 20.4. The molecule has 4 nitrogen and oxygen atoms in total. The Kier molecular flexibility index (Phi) is 40.6. The Bertz CT molecular complexity index is 758. The summed E-state index contributed by atoms with van der Waals surface area (Å²) in [5.74, 6) is 0. The standard InChI is InChI=1S/C54H112N4/c1-7-10-13-16-19-22-25-28-31-34-37-40-43-55(44-41-38-35-32-29-26-23-20-17-14-11-8-2)46-47-56(48-49-57-50-52-58(53-51-57)54(4,5)6)45-42-39-36-33-30-27-24-21-18-15-12-9-3/h7-53H2,1-6H3. The molecule has 0 aromatic rings. The fourth-order valence-corrected chi connectivity index (χ4v) is 9.41. The van der Waals surface area contributed by atoms with E-state index in [1.165, 1.54) is 303 Å². The fourth-order valence-electron chi connectivity index (χ4n) is 9.41. The molecule has 348 valence electrons. The number of piperazine rings is 1. The highest BCUT2D eigenvalue weighted by Gasteiger charge is 2.25. The maximum atomic E-state index is 2.91. The Hall–Kier alpha value is -0.160. The van der Waals surface area contributed by atoms with Crippen LogP contribution in [0.4, 0.5) is 0 Å². The summed E-state index contributed by atoms with van der Waals surface area (Å²) in [5.41, 5.74) is 0.303. The average Bonchev–Trinajstić information content (AvgIpc) is 3.22. The Labute approximate surface area is 368 Å². The van der Waals surface area contributed by atoms with Gasteiger partial charge in [0.2, 0.25) is 0 Å². The van der Waals surface area contributed by atoms with Gasteiger partial charge in [-0.15, -0.1) is 0 Å². The maximum Gasteiger partial charge on any atom is 0.0126 e. The van der Waals surface area contributed by atoms with Gasteiger partial charge in [0.05, 0.1) is 0 Å². The van der Waals surface area contributed by atoms with Gasteiger partial charge in [-0.25, -0.2) is 0 Å². The van der Waals surface area contributed by atoms with Crippen molar-refractivity contribution in [3.8, 4) is 0 Å². The van der Waals surface area contributed by atoms with Gasteiger partial charge in [-0.3, -0.25) is 9.80 Å². The summed E-state index contributed by atoms with van der Waals surface area (Å²) >= 11 is 0. The number of hydrogen-bond acceptors (Lipinski definition) is 4. The van der Waals surface area contributed by atoms with Crippen molar-refractivity contribution >= 4 is 0 Å². The fraction of sp³-hybridized carbons (Fsp3) is 1.00. The summed E-state index contributed by atoms with van der Waals surface area (Å²) in [4.78, 5) is 11.3. The molecule has 0 bridgehead atoms. The topological polar surface area (TPSA) is 13.0 Å². The first-order valence-electron chi connectivity index (χ1n) is 27.3. The molecular formula is C54H112N4. The van der Waals surface area contributed by atoms with Gasteiger partial charge in [0.15, 0.2) is 0 Å². The number of nitrogens with zero attached hydrogens (tertiary/aromatic N) is 4. The minimum absolute atomic E-state index is 0.303. The van der Waals surface area contributed by atoms with E-state index in [-0.39, 0.29) is 0 Å². The lowest BCUT2D eigenvalue weighted by molar-refractivity contribution is 0.0566. The first-order valence-corrected chi connectivity index (χ1v) is 27.3. The molecule has 1 aliphatic rings. The van der Waals surface area contributed by atoms with Gasteiger partial charge in [-0.05, 0) is 59.7 Å². The Morgan fingerprint density at radius 2 is 0.534 bits per heavy atom. The van der Waals surface area contributed by atoms with Crippen LogP contribution in [-0.4, -0.2) is 97.1 Å². The maximum absolute atomic E-state index is 2.91. The van der Waals surface area contributed by atoms with Crippen LogP contribution in [0.5, 0.6) is 0 Å². The molecule has 0 aromatic heterocycles. The number of unbranched alkanes of at least 4 members (excludes halogenated alkanes) is 33. The van der Waals surface area contributed by atoms with Crippen LogP contribution in [0.2, 0.25) is 0 Å². The molecule has 0 radical (unpaired) electrons. The van der Waals surface area contributed by atoms with E-state index in [0.29, 0.717) is 5.54 Å². The predicted molar refractivity (Wildman–Crippen MR) is 264 cm³/mol. The second-order valence-corrected chi connectivity index (χ2v) is 20.4. The molecule has 1 aliphatic heterocycles. The zero-order valence-electron chi connectivity index (χ0n) is 41.5. The zero-order chi connectivity index (χ0) is 42.0. The lowest BCUT2D eigenvalue weighted by Crippen LogP contribution is -2.54. The van der Waals surface area contributed by atoms with Gasteiger partial charge in [-0.2, -0.15) is 0 Å². The molecule has 0 aliphatic carbocycles. The monoisotopic (exact) mass is 817 g/mol. The molecule has 1 heterocycles. The lowest BCUT2D eigenvalue weighted by Gasteiger charge is -2.42. The quantitative estimate of drug-likeness (QED) is 0.0568. The van der Waals surface area contributed by atoms with Crippen LogP contribution in [0, 0.1) is 0 Å². The number of hydrogen-bond donors (Lipinski definition) is 0. The summed E-state index contributed by atoms with van der Waals surface area (Å²) in [7, 11) is 0.